The van der Waals surface area contributed by atoms with Crippen molar-refractivity contribution in [3.63, 3.8) is 0 Å². The molecule has 0 saturated carbocycles. The maximum Gasteiger partial charge on any atom is 0.218 e. The van der Waals surface area contributed by atoms with Crippen molar-refractivity contribution in [1.29, 1.82) is 0 Å². The van der Waals surface area contributed by atoms with Crippen molar-refractivity contribution in [2.24, 2.45) is 0 Å². The largest absolute Gasteiger partial charge is 0.356 e. The second-order valence-electron chi connectivity index (χ2n) is 2.71. The number of hydrogen-bond donors (Lipinski definition) is 1. The molecule has 0 unspecified atom stereocenters. The zero-order valence-corrected chi connectivity index (χ0v) is 10.8. The van der Waals surface area contributed by atoms with Crippen molar-refractivity contribution in [3.8, 4) is 0 Å². The summed E-state index contributed by atoms with van der Waals surface area (Å²) >= 11 is 6.44. The summed E-state index contributed by atoms with van der Waals surface area (Å²) in [6.45, 7) is 2.88. The lowest BCUT2D eigenvalue weighted by molar-refractivity contribution is -0.118. The Morgan fingerprint density at radius 3 is 2.79 bits per heavy atom. The van der Waals surface area contributed by atoms with Gasteiger partial charge in [-0.3, -0.25) is 4.79 Å². The van der Waals surface area contributed by atoms with E-state index in [9.17, 15) is 4.79 Å². The number of hydrogen-bond acceptors (Lipinski definition) is 3. The average molecular weight is 326 g/mol. The van der Waals surface area contributed by atoms with Gasteiger partial charge in [-0.05, 0) is 38.3 Å². The van der Waals surface area contributed by atoms with Gasteiger partial charge in [-0.2, -0.15) is 4.98 Å². The van der Waals surface area contributed by atoms with E-state index in [0.29, 0.717) is 16.0 Å². The number of aryl methyl sites for hydroxylation is 1. The molecule has 1 aromatic rings. The monoisotopic (exact) mass is 324 g/mol. The third kappa shape index (κ3) is 3.75. The van der Waals surface area contributed by atoms with Crippen molar-refractivity contribution in [3.05, 3.63) is 9.47 Å². The van der Waals surface area contributed by atoms with E-state index in [1.54, 1.807) is 4.68 Å². The van der Waals surface area contributed by atoms with Gasteiger partial charge in [-0.15, -0.1) is 5.10 Å². The van der Waals surface area contributed by atoms with Crippen LogP contribution in [0.1, 0.15) is 13.3 Å². The molecular weight excluding hydrogens is 316 g/mol. The molecule has 0 fully saturated rings. The minimum Gasteiger partial charge on any atom is -0.356 e. The molecule has 78 valence electrons. The van der Waals surface area contributed by atoms with Gasteiger partial charge < -0.3 is 5.32 Å². The summed E-state index contributed by atoms with van der Waals surface area (Å²) in [4.78, 5) is 14.6. The Morgan fingerprint density at radius 2 is 2.29 bits per heavy atom. The molecule has 1 N–H and O–H groups in total. The van der Waals surface area contributed by atoms with Gasteiger partial charge in [0, 0.05) is 20.0 Å². The number of aromatic nitrogens is 3. The highest BCUT2D eigenvalue weighted by Crippen LogP contribution is 2.10. The van der Waals surface area contributed by atoms with Crippen LogP contribution in [-0.2, 0) is 11.3 Å². The molecule has 14 heavy (non-hydrogen) atoms. The fraction of sp³-hybridized carbons (Fsp3) is 0.571. The van der Waals surface area contributed by atoms with Crippen LogP contribution in [-0.4, -0.2) is 27.2 Å². The molecule has 5 nitrogen and oxygen atoms in total. The lowest BCUT2D eigenvalue weighted by Gasteiger charge is -2.02. The Hall–Kier alpha value is -0.430. The van der Waals surface area contributed by atoms with Crippen molar-refractivity contribution >= 4 is 37.8 Å². The first-order chi connectivity index (χ1) is 6.59. The lowest BCUT2D eigenvalue weighted by atomic mass is 10.4. The Kier molecular flexibility index (Phi) is 4.53. The highest BCUT2D eigenvalue weighted by Gasteiger charge is 2.03. The summed E-state index contributed by atoms with van der Waals surface area (Å²) in [6.07, 6.45) is 0.827. The molecule has 0 atom stereocenters. The topological polar surface area (TPSA) is 59.8 Å². The fourth-order valence-electron chi connectivity index (χ4n) is 0.933. The number of amides is 1. The van der Waals surface area contributed by atoms with Gasteiger partial charge >= 0.3 is 0 Å². The van der Waals surface area contributed by atoms with Crippen molar-refractivity contribution in [1.82, 2.24) is 20.1 Å². The summed E-state index contributed by atoms with van der Waals surface area (Å²) in [7, 11) is 0. The summed E-state index contributed by atoms with van der Waals surface area (Å²) < 4.78 is 2.97. The highest BCUT2D eigenvalue weighted by molar-refractivity contribution is 9.11. The molecule has 0 aliphatic carbocycles. The summed E-state index contributed by atoms with van der Waals surface area (Å²) in [5.41, 5.74) is 0. The second kappa shape index (κ2) is 5.45. The van der Waals surface area contributed by atoms with Crippen molar-refractivity contribution < 1.29 is 4.79 Å². The third-order valence-corrected chi connectivity index (χ3v) is 2.44. The fourth-order valence-corrected chi connectivity index (χ4v) is 1.95. The van der Waals surface area contributed by atoms with Gasteiger partial charge in [-0.25, -0.2) is 4.68 Å². The standard InChI is InChI=1S/C7H10Br2N4O/c1-5(14)10-3-2-4-13-7(9)11-6(8)12-13/h2-4H2,1H3,(H,10,14). The molecule has 1 amide bonds. The number of carbonyl (C=O) groups excluding carboxylic acids is 1. The quantitative estimate of drug-likeness (QED) is 0.850. The van der Waals surface area contributed by atoms with Crippen LogP contribution in [0.5, 0.6) is 0 Å². The number of nitrogens with one attached hydrogen (secondary N) is 1. The van der Waals surface area contributed by atoms with E-state index in [-0.39, 0.29) is 5.91 Å². The first-order valence-corrected chi connectivity index (χ1v) is 5.68. The van der Waals surface area contributed by atoms with Gasteiger partial charge in [0.05, 0.1) is 0 Å². The van der Waals surface area contributed by atoms with Crippen LogP contribution in [0.15, 0.2) is 9.47 Å². The predicted octanol–water partition coefficient (Wildman–Crippen LogP) is 1.33. The molecule has 0 aliphatic rings. The molecule has 0 aliphatic heterocycles. The minimum atomic E-state index is -0.0103. The van der Waals surface area contributed by atoms with E-state index in [1.165, 1.54) is 6.92 Å². The van der Waals surface area contributed by atoms with Gasteiger partial charge in [0.15, 0.2) is 4.73 Å². The van der Waals surface area contributed by atoms with Crippen LogP contribution in [0.25, 0.3) is 0 Å². The number of halogens is 2. The van der Waals surface area contributed by atoms with Crippen molar-refractivity contribution in [2.75, 3.05) is 6.54 Å². The van der Waals surface area contributed by atoms with E-state index in [4.69, 9.17) is 0 Å². The van der Waals surface area contributed by atoms with Gasteiger partial charge in [-0.1, -0.05) is 0 Å². The van der Waals surface area contributed by atoms with Crippen LogP contribution in [0.2, 0.25) is 0 Å². The molecule has 7 heteroatoms. The molecule has 1 heterocycles. The van der Waals surface area contributed by atoms with E-state index >= 15 is 0 Å². The molecule has 0 spiro atoms. The molecule has 0 radical (unpaired) electrons. The normalized spacial score (nSPS) is 10.2. The van der Waals surface area contributed by atoms with Gasteiger partial charge in [0.25, 0.3) is 0 Å². The first kappa shape index (κ1) is 11.6. The average Bonchev–Trinajstić information content (AvgIpc) is 2.39. The van der Waals surface area contributed by atoms with E-state index in [1.807, 2.05) is 0 Å². The predicted molar refractivity (Wildman–Crippen MR) is 58.7 cm³/mol. The second-order valence-corrected chi connectivity index (χ2v) is 4.13. The van der Waals surface area contributed by atoms with E-state index < -0.39 is 0 Å². The Labute approximate surface area is 98.5 Å². The molecular formula is C7H10Br2N4O. The number of nitrogens with zero attached hydrogens (tertiary/aromatic N) is 3. The third-order valence-electron chi connectivity index (χ3n) is 1.52. The Morgan fingerprint density at radius 1 is 1.57 bits per heavy atom. The minimum absolute atomic E-state index is 0.0103. The van der Waals surface area contributed by atoms with Crippen LogP contribution in [0.4, 0.5) is 0 Å². The Bertz CT molecular complexity index is 325. The van der Waals surface area contributed by atoms with E-state index in [0.717, 1.165) is 13.0 Å². The lowest BCUT2D eigenvalue weighted by Crippen LogP contribution is -2.22. The molecule has 0 aromatic carbocycles. The molecule has 1 rings (SSSR count). The van der Waals surface area contributed by atoms with Crippen LogP contribution in [0.3, 0.4) is 0 Å². The van der Waals surface area contributed by atoms with Crippen LogP contribution >= 0.6 is 31.9 Å². The van der Waals surface area contributed by atoms with Gasteiger partial charge in [0.1, 0.15) is 0 Å². The maximum absolute atomic E-state index is 10.6. The zero-order chi connectivity index (χ0) is 10.6. The molecule has 0 bridgehead atoms. The van der Waals surface area contributed by atoms with Crippen molar-refractivity contribution in [2.45, 2.75) is 19.9 Å². The highest BCUT2D eigenvalue weighted by atomic mass is 79.9. The summed E-state index contributed by atoms with van der Waals surface area (Å²) in [6, 6.07) is 0. The summed E-state index contributed by atoms with van der Waals surface area (Å²) in [5, 5.41) is 6.80. The summed E-state index contributed by atoms with van der Waals surface area (Å²) in [5.74, 6) is -0.0103. The number of carbonyl (C=O) groups is 1. The zero-order valence-electron chi connectivity index (χ0n) is 7.63. The number of rotatable bonds is 4. The van der Waals surface area contributed by atoms with E-state index in [2.05, 4.69) is 47.3 Å². The maximum atomic E-state index is 10.6. The van der Waals surface area contributed by atoms with Gasteiger partial charge in [0.2, 0.25) is 10.6 Å². The van der Waals surface area contributed by atoms with Crippen LogP contribution < -0.4 is 5.32 Å². The Balaban J connectivity index is 2.31. The molecule has 1 aromatic heterocycles. The SMILES string of the molecule is CC(=O)NCCCn1nc(Br)nc1Br. The van der Waals surface area contributed by atoms with Crippen LogP contribution in [0, 0.1) is 0 Å². The molecule has 0 saturated heterocycles. The smallest absolute Gasteiger partial charge is 0.218 e. The first-order valence-electron chi connectivity index (χ1n) is 4.10.